The molecule has 0 saturated carbocycles. The van der Waals surface area contributed by atoms with Crippen LogP contribution in [0.5, 0.6) is 0 Å². The Balaban J connectivity index is 0. The minimum absolute atomic E-state index is 0.414. The van der Waals surface area contributed by atoms with Crippen LogP contribution in [-0.4, -0.2) is 61.1 Å². The highest BCUT2D eigenvalue weighted by Crippen LogP contribution is 2.15. The van der Waals surface area contributed by atoms with Gasteiger partial charge in [0.15, 0.2) is 6.29 Å². The molecule has 8 heteroatoms. The summed E-state index contributed by atoms with van der Waals surface area (Å²) in [4.78, 5) is 2.28. The van der Waals surface area contributed by atoms with Crippen molar-refractivity contribution in [1.82, 2.24) is 4.90 Å². The SMILES string of the molecule is CCCCCCCCCCCCCCCCN(CCCCCCCCCCCCCCCC)CC(O)O.COS(=O)(=O)O. The van der Waals surface area contributed by atoms with Crippen LogP contribution >= 0.6 is 0 Å². The Morgan fingerprint density at radius 3 is 0.884 bits per heavy atom. The van der Waals surface area contributed by atoms with Crippen LogP contribution in [0, 0.1) is 0 Å². The summed E-state index contributed by atoms with van der Waals surface area (Å²) >= 11 is 0. The van der Waals surface area contributed by atoms with Crippen LogP contribution in [0.2, 0.25) is 0 Å². The van der Waals surface area contributed by atoms with Crippen LogP contribution in [0.1, 0.15) is 194 Å². The first-order chi connectivity index (χ1) is 20.8. The first-order valence-corrected chi connectivity index (χ1v) is 19.7. The molecule has 0 aromatic rings. The highest BCUT2D eigenvalue weighted by atomic mass is 32.3. The van der Waals surface area contributed by atoms with Crippen LogP contribution in [0.25, 0.3) is 0 Å². The molecule has 43 heavy (non-hydrogen) atoms. The molecule has 0 aliphatic heterocycles. The summed E-state index contributed by atoms with van der Waals surface area (Å²) in [6.07, 6.45) is 37.6. The lowest BCUT2D eigenvalue weighted by Gasteiger charge is -2.23. The normalized spacial score (nSPS) is 11.8. The minimum Gasteiger partial charge on any atom is -0.367 e. The molecule has 0 radical (unpaired) electrons. The van der Waals surface area contributed by atoms with Gasteiger partial charge >= 0.3 is 10.4 Å². The molecule has 0 aromatic carbocycles. The Morgan fingerprint density at radius 2 is 0.698 bits per heavy atom. The molecule has 0 amide bonds. The third-order valence-electron chi connectivity index (χ3n) is 8.29. The van der Waals surface area contributed by atoms with Gasteiger partial charge in [-0.05, 0) is 25.9 Å². The summed E-state index contributed by atoms with van der Waals surface area (Å²) < 4.78 is 29.7. The van der Waals surface area contributed by atoms with Gasteiger partial charge in [0.05, 0.1) is 7.11 Å². The molecule has 0 fully saturated rings. The molecule has 0 heterocycles. The van der Waals surface area contributed by atoms with Crippen molar-refractivity contribution >= 4 is 10.4 Å². The summed E-state index contributed by atoms with van der Waals surface area (Å²) in [5.41, 5.74) is 0. The van der Waals surface area contributed by atoms with Crippen LogP contribution in [0.15, 0.2) is 0 Å². The summed E-state index contributed by atoms with van der Waals surface area (Å²) in [6, 6.07) is 0. The highest BCUT2D eigenvalue weighted by Gasteiger charge is 2.09. The van der Waals surface area contributed by atoms with E-state index < -0.39 is 16.7 Å². The van der Waals surface area contributed by atoms with E-state index in [4.69, 9.17) is 4.55 Å². The average molecular weight is 638 g/mol. The van der Waals surface area contributed by atoms with Crippen LogP contribution in [-0.2, 0) is 14.6 Å². The van der Waals surface area contributed by atoms with Crippen molar-refractivity contribution in [3.63, 3.8) is 0 Å². The van der Waals surface area contributed by atoms with Gasteiger partial charge in [0.1, 0.15) is 0 Å². The van der Waals surface area contributed by atoms with E-state index in [1.165, 1.54) is 180 Å². The lowest BCUT2D eigenvalue weighted by molar-refractivity contribution is -0.0616. The number of rotatable bonds is 33. The molecular weight excluding hydrogens is 562 g/mol. The lowest BCUT2D eigenvalue weighted by atomic mass is 10.0. The van der Waals surface area contributed by atoms with Gasteiger partial charge < -0.3 is 10.2 Å². The third kappa shape index (κ3) is 43.9. The second-order valence-corrected chi connectivity index (χ2v) is 13.8. The van der Waals surface area contributed by atoms with Gasteiger partial charge in [0.2, 0.25) is 0 Å². The van der Waals surface area contributed by atoms with Gasteiger partial charge in [-0.25, -0.2) is 0 Å². The number of unbranched alkanes of at least 4 members (excludes halogenated alkanes) is 26. The molecule has 0 rings (SSSR count). The van der Waals surface area contributed by atoms with Crippen LogP contribution in [0.4, 0.5) is 0 Å². The fourth-order valence-electron chi connectivity index (χ4n) is 5.59. The van der Waals surface area contributed by atoms with E-state index in [1.54, 1.807) is 0 Å². The maximum atomic E-state index is 9.47. The average Bonchev–Trinajstić information content (AvgIpc) is 2.97. The maximum Gasteiger partial charge on any atom is 0.397 e. The number of aliphatic hydroxyl groups is 2. The van der Waals surface area contributed by atoms with Crippen molar-refractivity contribution in [2.45, 2.75) is 200 Å². The molecule has 7 nitrogen and oxygen atoms in total. The smallest absolute Gasteiger partial charge is 0.367 e. The zero-order chi connectivity index (χ0) is 32.3. The fraction of sp³-hybridized carbons (Fsp3) is 1.00. The maximum absolute atomic E-state index is 9.47. The standard InChI is InChI=1S/C34H71NO2.CH4O4S/c1-3-5-7-9-11-13-15-17-19-21-23-25-27-29-31-35(33-34(36)37)32-30-28-26-24-22-20-18-16-14-12-10-8-6-4-2;1-5-6(2,3)4/h34,36-37H,3-33H2,1-2H3;1H3,(H,2,3,4). The van der Waals surface area contributed by atoms with Gasteiger partial charge in [-0.2, -0.15) is 8.42 Å². The summed E-state index contributed by atoms with van der Waals surface area (Å²) in [7, 11) is -3.29. The molecule has 0 aliphatic rings. The Kier molecular flexibility index (Phi) is 37.8. The molecule has 3 N–H and O–H groups in total. The summed E-state index contributed by atoms with van der Waals surface area (Å²) in [5.74, 6) is 0. The first-order valence-electron chi connectivity index (χ1n) is 18.4. The molecule has 262 valence electrons. The van der Waals surface area contributed by atoms with E-state index in [2.05, 4.69) is 22.9 Å². The predicted octanol–water partition coefficient (Wildman–Crippen LogP) is 10.00. The van der Waals surface area contributed by atoms with Crippen molar-refractivity contribution < 1.29 is 27.4 Å². The van der Waals surface area contributed by atoms with E-state index in [-0.39, 0.29) is 0 Å². The quantitative estimate of drug-likeness (QED) is 0.0373. The third-order valence-corrected chi connectivity index (χ3v) is 8.71. The molecule has 0 spiro atoms. The Bertz CT molecular complexity index is 585. The predicted molar refractivity (Wildman–Crippen MR) is 184 cm³/mol. The monoisotopic (exact) mass is 638 g/mol. The van der Waals surface area contributed by atoms with Crippen molar-refractivity contribution in [3.8, 4) is 0 Å². The molecule has 0 unspecified atom stereocenters. The van der Waals surface area contributed by atoms with E-state index in [9.17, 15) is 18.6 Å². The Labute approximate surface area is 268 Å². The molecule has 0 aliphatic carbocycles. The second kappa shape index (κ2) is 36.2. The van der Waals surface area contributed by atoms with Crippen molar-refractivity contribution in [3.05, 3.63) is 0 Å². The Hall–Kier alpha value is -0.250. The van der Waals surface area contributed by atoms with Crippen molar-refractivity contribution in [2.75, 3.05) is 26.7 Å². The second-order valence-electron chi connectivity index (χ2n) is 12.6. The number of nitrogens with zero attached hydrogens (tertiary/aromatic N) is 1. The van der Waals surface area contributed by atoms with E-state index in [1.807, 2.05) is 0 Å². The van der Waals surface area contributed by atoms with E-state index in [0.29, 0.717) is 6.54 Å². The molecule has 0 atom stereocenters. The zero-order valence-corrected chi connectivity index (χ0v) is 29.7. The number of hydrogen-bond donors (Lipinski definition) is 3. The summed E-state index contributed by atoms with van der Waals surface area (Å²) in [5, 5.41) is 18.9. The summed E-state index contributed by atoms with van der Waals surface area (Å²) in [6.45, 7) is 7.03. The van der Waals surface area contributed by atoms with Crippen LogP contribution in [0.3, 0.4) is 0 Å². The van der Waals surface area contributed by atoms with Gasteiger partial charge in [-0.1, -0.05) is 181 Å². The fourth-order valence-corrected chi connectivity index (χ4v) is 5.59. The highest BCUT2D eigenvalue weighted by molar-refractivity contribution is 7.80. The van der Waals surface area contributed by atoms with Gasteiger partial charge in [-0.15, -0.1) is 0 Å². The van der Waals surface area contributed by atoms with Gasteiger partial charge in [-0.3, -0.25) is 13.6 Å². The molecular formula is C35H75NO6S. The Morgan fingerprint density at radius 1 is 0.488 bits per heavy atom. The zero-order valence-electron chi connectivity index (χ0n) is 28.9. The van der Waals surface area contributed by atoms with Gasteiger partial charge in [0.25, 0.3) is 0 Å². The molecule has 0 aromatic heterocycles. The van der Waals surface area contributed by atoms with Crippen molar-refractivity contribution in [1.29, 1.82) is 0 Å². The van der Waals surface area contributed by atoms with E-state index in [0.717, 1.165) is 20.2 Å². The molecule has 0 bridgehead atoms. The van der Waals surface area contributed by atoms with E-state index >= 15 is 0 Å². The lowest BCUT2D eigenvalue weighted by Crippen LogP contribution is -2.34. The topological polar surface area (TPSA) is 107 Å². The van der Waals surface area contributed by atoms with Gasteiger partial charge in [0, 0.05) is 6.54 Å². The number of hydrogen-bond acceptors (Lipinski definition) is 6. The number of aliphatic hydroxyl groups excluding tert-OH is 1. The van der Waals surface area contributed by atoms with Crippen LogP contribution < -0.4 is 0 Å². The minimum atomic E-state index is -4.16. The first kappa shape index (κ1) is 44.9. The van der Waals surface area contributed by atoms with Crippen molar-refractivity contribution in [2.24, 2.45) is 0 Å². The largest absolute Gasteiger partial charge is 0.397 e. The molecule has 0 saturated heterocycles.